The lowest BCUT2D eigenvalue weighted by Crippen LogP contribution is -2.47. The quantitative estimate of drug-likeness (QED) is 0.321. The van der Waals surface area contributed by atoms with Crippen molar-refractivity contribution in [1.29, 1.82) is 0 Å². The molecular weight excluding hydrogens is 412 g/mol. The molecule has 0 saturated carbocycles. The molecule has 1 fully saturated rings. The van der Waals surface area contributed by atoms with Crippen LogP contribution < -0.4 is 10.1 Å². The van der Waals surface area contributed by atoms with Crippen molar-refractivity contribution in [2.45, 2.75) is 98.1 Å². The maximum absolute atomic E-state index is 13.4. The van der Waals surface area contributed by atoms with Gasteiger partial charge in [0.05, 0.1) is 6.61 Å². The predicted molar refractivity (Wildman–Crippen MR) is 138 cm³/mol. The summed E-state index contributed by atoms with van der Waals surface area (Å²) >= 11 is 0. The second-order valence-electron chi connectivity index (χ2n) is 10.6. The molecule has 1 heterocycles. The highest BCUT2D eigenvalue weighted by molar-refractivity contribution is 5.97. The molecule has 33 heavy (non-hydrogen) atoms. The van der Waals surface area contributed by atoms with Crippen molar-refractivity contribution in [3.8, 4) is 5.75 Å². The number of amides is 1. The Hall–Kier alpha value is -1.59. The fourth-order valence-electron chi connectivity index (χ4n) is 4.90. The molecule has 1 aliphatic rings. The largest absolute Gasteiger partial charge is 0.494 e. The minimum absolute atomic E-state index is 0.0392. The van der Waals surface area contributed by atoms with Crippen molar-refractivity contribution in [2.75, 3.05) is 31.6 Å². The van der Waals surface area contributed by atoms with E-state index in [0.717, 1.165) is 30.8 Å². The molecule has 0 aliphatic carbocycles. The van der Waals surface area contributed by atoms with Crippen LogP contribution in [0.5, 0.6) is 5.75 Å². The minimum Gasteiger partial charge on any atom is -0.494 e. The molecule has 1 N–H and O–H groups in total. The van der Waals surface area contributed by atoms with Crippen LogP contribution in [0.15, 0.2) is 24.3 Å². The number of anilines is 1. The molecule has 0 aromatic heterocycles. The van der Waals surface area contributed by atoms with Crippen molar-refractivity contribution in [3.05, 3.63) is 24.3 Å². The second kappa shape index (κ2) is 14.0. The summed E-state index contributed by atoms with van der Waals surface area (Å²) in [5.41, 5.74) is -0.00878. The Morgan fingerprint density at radius 1 is 1.09 bits per heavy atom. The standard InChI is InChI=1S/C28H48N2O3/c1-7-18-33-28(20-22(2)3,21-23(4)5)27(31)29-25-12-14-26(15-13-25)32-19-10-17-30-16-9-8-11-24(30)6/h12-15,22-24H,7-11,16-21H2,1-6H3,(H,29,31)/t24-/m1/s1. The highest BCUT2D eigenvalue weighted by Gasteiger charge is 2.40. The first kappa shape index (κ1) is 27.7. The topological polar surface area (TPSA) is 50.8 Å². The lowest BCUT2D eigenvalue weighted by molar-refractivity contribution is -0.147. The SMILES string of the molecule is CCCOC(CC(C)C)(CC(C)C)C(=O)Nc1ccc(OCCCN2CCCC[C@H]2C)cc1. The maximum Gasteiger partial charge on any atom is 0.256 e. The number of benzene rings is 1. The molecule has 1 saturated heterocycles. The summed E-state index contributed by atoms with van der Waals surface area (Å²) in [5.74, 6) is 1.55. The van der Waals surface area contributed by atoms with Crippen LogP contribution >= 0.6 is 0 Å². The van der Waals surface area contributed by atoms with E-state index in [1.54, 1.807) is 0 Å². The molecule has 1 amide bonds. The summed E-state index contributed by atoms with van der Waals surface area (Å²) in [7, 11) is 0. The minimum atomic E-state index is -0.793. The Bertz CT molecular complexity index is 677. The number of rotatable bonds is 14. The molecule has 1 aliphatic heterocycles. The van der Waals surface area contributed by atoms with E-state index in [1.165, 1.54) is 25.8 Å². The van der Waals surface area contributed by atoms with Crippen molar-refractivity contribution in [1.82, 2.24) is 4.90 Å². The highest BCUT2D eigenvalue weighted by Crippen LogP contribution is 2.31. The molecule has 0 unspecified atom stereocenters. The van der Waals surface area contributed by atoms with Gasteiger partial charge in [-0.15, -0.1) is 0 Å². The first-order valence-corrected chi connectivity index (χ1v) is 13.2. The van der Waals surface area contributed by atoms with Crippen LogP contribution in [0.25, 0.3) is 0 Å². The van der Waals surface area contributed by atoms with Gasteiger partial charge in [-0.3, -0.25) is 4.79 Å². The van der Waals surface area contributed by atoms with Crippen LogP contribution in [-0.4, -0.2) is 48.8 Å². The van der Waals surface area contributed by atoms with Gasteiger partial charge in [-0.25, -0.2) is 0 Å². The van der Waals surface area contributed by atoms with Gasteiger partial charge in [-0.2, -0.15) is 0 Å². The zero-order valence-corrected chi connectivity index (χ0v) is 22.0. The van der Waals surface area contributed by atoms with E-state index in [4.69, 9.17) is 9.47 Å². The van der Waals surface area contributed by atoms with Gasteiger partial charge >= 0.3 is 0 Å². The number of piperidine rings is 1. The number of ether oxygens (including phenoxy) is 2. The zero-order valence-electron chi connectivity index (χ0n) is 22.0. The van der Waals surface area contributed by atoms with Crippen LogP contribution in [0, 0.1) is 11.8 Å². The van der Waals surface area contributed by atoms with Gasteiger partial charge < -0.3 is 19.7 Å². The molecule has 2 rings (SSSR count). The Morgan fingerprint density at radius 3 is 2.33 bits per heavy atom. The summed E-state index contributed by atoms with van der Waals surface area (Å²) in [5, 5.41) is 3.12. The number of carbonyl (C=O) groups is 1. The number of likely N-dealkylation sites (tertiary alicyclic amines) is 1. The molecule has 1 aromatic rings. The number of nitrogens with one attached hydrogen (secondary N) is 1. The number of hydrogen-bond acceptors (Lipinski definition) is 4. The summed E-state index contributed by atoms with van der Waals surface area (Å²) in [6, 6.07) is 8.43. The molecule has 0 radical (unpaired) electrons. The van der Waals surface area contributed by atoms with Crippen LogP contribution in [-0.2, 0) is 9.53 Å². The monoisotopic (exact) mass is 460 g/mol. The first-order valence-electron chi connectivity index (χ1n) is 13.2. The molecular formula is C28H48N2O3. The summed E-state index contributed by atoms with van der Waals surface area (Å²) in [6.45, 7) is 16.6. The van der Waals surface area contributed by atoms with Crippen molar-refractivity contribution in [2.24, 2.45) is 11.8 Å². The Labute approximate surface area is 202 Å². The van der Waals surface area contributed by atoms with E-state index >= 15 is 0 Å². The third kappa shape index (κ3) is 9.29. The summed E-state index contributed by atoms with van der Waals surface area (Å²) < 4.78 is 12.2. The van der Waals surface area contributed by atoms with Gasteiger partial charge in [0.25, 0.3) is 5.91 Å². The number of nitrogens with zero attached hydrogens (tertiary/aromatic N) is 1. The van der Waals surface area contributed by atoms with E-state index in [-0.39, 0.29) is 5.91 Å². The summed E-state index contributed by atoms with van der Waals surface area (Å²) in [4.78, 5) is 16.0. The van der Waals surface area contributed by atoms with Crippen LogP contribution in [0.4, 0.5) is 5.69 Å². The van der Waals surface area contributed by atoms with Crippen LogP contribution in [0.1, 0.15) is 86.5 Å². The van der Waals surface area contributed by atoms with Gasteiger partial charge in [0.1, 0.15) is 11.4 Å². The average Bonchev–Trinajstić information content (AvgIpc) is 2.76. The predicted octanol–water partition coefficient (Wildman–Crippen LogP) is 6.53. The maximum atomic E-state index is 13.4. The average molecular weight is 461 g/mol. The molecule has 188 valence electrons. The molecule has 5 nitrogen and oxygen atoms in total. The smallest absolute Gasteiger partial charge is 0.256 e. The Balaban J connectivity index is 1.91. The third-order valence-electron chi connectivity index (χ3n) is 6.38. The van der Waals surface area contributed by atoms with Crippen LogP contribution in [0.3, 0.4) is 0 Å². The Morgan fingerprint density at radius 2 is 1.76 bits per heavy atom. The molecule has 0 spiro atoms. The third-order valence-corrected chi connectivity index (χ3v) is 6.38. The van der Waals surface area contributed by atoms with E-state index in [2.05, 4.69) is 51.8 Å². The normalized spacial score (nSPS) is 17.5. The van der Waals surface area contributed by atoms with Gasteiger partial charge in [-0.1, -0.05) is 41.0 Å². The van der Waals surface area contributed by atoms with Crippen molar-refractivity contribution >= 4 is 11.6 Å². The fraction of sp³-hybridized carbons (Fsp3) is 0.750. The molecule has 0 bridgehead atoms. The van der Waals surface area contributed by atoms with Gasteiger partial charge in [-0.05, 0) is 88.1 Å². The fourth-order valence-corrected chi connectivity index (χ4v) is 4.90. The molecule has 1 atom stereocenters. The molecule has 5 heteroatoms. The summed E-state index contributed by atoms with van der Waals surface area (Å²) in [6.07, 6.45) is 7.35. The zero-order chi connectivity index (χ0) is 24.3. The van der Waals surface area contributed by atoms with Crippen LogP contribution in [0.2, 0.25) is 0 Å². The molecule has 1 aromatic carbocycles. The van der Waals surface area contributed by atoms with Crippen molar-refractivity contribution in [3.63, 3.8) is 0 Å². The Kier molecular flexibility index (Phi) is 11.7. The van der Waals surface area contributed by atoms with Gasteiger partial charge in [0.15, 0.2) is 0 Å². The van der Waals surface area contributed by atoms with E-state index in [1.807, 2.05) is 24.3 Å². The van der Waals surface area contributed by atoms with Crippen molar-refractivity contribution < 1.29 is 14.3 Å². The van der Waals surface area contributed by atoms with E-state index in [9.17, 15) is 4.79 Å². The van der Waals surface area contributed by atoms with E-state index < -0.39 is 5.60 Å². The van der Waals surface area contributed by atoms with Gasteiger partial charge in [0, 0.05) is 24.9 Å². The lowest BCUT2D eigenvalue weighted by atomic mass is 9.83. The lowest BCUT2D eigenvalue weighted by Gasteiger charge is -2.35. The first-order chi connectivity index (χ1) is 15.8. The highest BCUT2D eigenvalue weighted by atomic mass is 16.5. The number of hydrogen-bond donors (Lipinski definition) is 1. The van der Waals surface area contributed by atoms with E-state index in [0.29, 0.717) is 43.9 Å². The second-order valence-corrected chi connectivity index (χ2v) is 10.6. The van der Waals surface area contributed by atoms with Gasteiger partial charge in [0.2, 0.25) is 0 Å². The number of carbonyl (C=O) groups excluding carboxylic acids is 1.